The monoisotopic (exact) mass is 302 g/mol. The Morgan fingerprint density at radius 3 is 2.53 bits per heavy atom. The van der Waals surface area contributed by atoms with Crippen LogP contribution in [0.1, 0.15) is 28.8 Å². The fourth-order valence-corrected chi connectivity index (χ4v) is 2.18. The van der Waals surface area contributed by atoms with Crippen molar-refractivity contribution < 1.29 is 19.8 Å². The molecule has 0 saturated carbocycles. The highest BCUT2D eigenvalue weighted by atomic mass is 35.5. The van der Waals surface area contributed by atoms with Crippen molar-refractivity contribution in [3.05, 3.63) is 34.3 Å². The van der Waals surface area contributed by atoms with Crippen LogP contribution in [0.5, 0.6) is 0 Å². The summed E-state index contributed by atoms with van der Waals surface area (Å²) < 4.78 is 0. The highest BCUT2D eigenvalue weighted by molar-refractivity contribution is 7.80. The standard InChI is InChI=1S/C13H15ClO4S/c14-11-4-3-8(7-10(11)13(17)18)6-9(12(15)16)2-1-5-19/h3-4,7,9,19H,1-2,5-6H2,(H,15,16)(H,17,18). The molecule has 1 rings (SSSR count). The molecule has 19 heavy (non-hydrogen) atoms. The topological polar surface area (TPSA) is 74.6 Å². The minimum Gasteiger partial charge on any atom is -0.481 e. The Hall–Kier alpha value is -1.20. The SMILES string of the molecule is O=C(O)c1cc(CC(CCCS)C(=O)O)ccc1Cl. The first-order chi connectivity index (χ1) is 8.95. The van der Waals surface area contributed by atoms with E-state index in [2.05, 4.69) is 12.6 Å². The van der Waals surface area contributed by atoms with Gasteiger partial charge in [-0.05, 0) is 42.7 Å². The van der Waals surface area contributed by atoms with Gasteiger partial charge in [-0.3, -0.25) is 4.79 Å². The van der Waals surface area contributed by atoms with E-state index in [-0.39, 0.29) is 10.6 Å². The second kappa shape index (κ2) is 7.40. The lowest BCUT2D eigenvalue weighted by Gasteiger charge is -2.12. The lowest BCUT2D eigenvalue weighted by Crippen LogP contribution is -2.17. The second-order valence-electron chi connectivity index (χ2n) is 4.22. The van der Waals surface area contributed by atoms with Crippen LogP contribution in [0.15, 0.2) is 18.2 Å². The average Bonchev–Trinajstić information content (AvgIpc) is 2.35. The molecule has 0 heterocycles. The molecule has 1 aromatic carbocycles. The molecule has 104 valence electrons. The molecule has 0 bridgehead atoms. The predicted molar refractivity (Wildman–Crippen MR) is 76.3 cm³/mol. The van der Waals surface area contributed by atoms with Crippen LogP contribution in [0.3, 0.4) is 0 Å². The lowest BCUT2D eigenvalue weighted by atomic mass is 9.94. The van der Waals surface area contributed by atoms with Gasteiger partial charge in [0.25, 0.3) is 0 Å². The second-order valence-corrected chi connectivity index (χ2v) is 5.08. The Kier molecular flexibility index (Phi) is 6.18. The number of carbonyl (C=O) groups is 2. The first kappa shape index (κ1) is 15.9. The molecule has 1 atom stereocenters. The van der Waals surface area contributed by atoms with Gasteiger partial charge in [0, 0.05) is 0 Å². The van der Waals surface area contributed by atoms with Crippen molar-refractivity contribution in [1.29, 1.82) is 0 Å². The van der Waals surface area contributed by atoms with E-state index in [1.165, 1.54) is 12.1 Å². The molecule has 1 aromatic rings. The fraction of sp³-hybridized carbons (Fsp3) is 0.385. The van der Waals surface area contributed by atoms with Gasteiger partial charge in [0.1, 0.15) is 0 Å². The van der Waals surface area contributed by atoms with Crippen molar-refractivity contribution in [3.8, 4) is 0 Å². The first-order valence-electron chi connectivity index (χ1n) is 5.81. The number of rotatable bonds is 7. The molecule has 0 spiro atoms. The van der Waals surface area contributed by atoms with Crippen LogP contribution in [-0.4, -0.2) is 27.9 Å². The van der Waals surface area contributed by atoms with E-state index >= 15 is 0 Å². The summed E-state index contributed by atoms with van der Waals surface area (Å²) in [4.78, 5) is 22.1. The number of hydrogen-bond acceptors (Lipinski definition) is 3. The van der Waals surface area contributed by atoms with Crippen molar-refractivity contribution in [3.63, 3.8) is 0 Å². The summed E-state index contributed by atoms with van der Waals surface area (Å²) in [6.07, 6.45) is 1.52. The molecule has 0 aromatic heterocycles. The Balaban J connectivity index is 2.87. The van der Waals surface area contributed by atoms with Crippen molar-refractivity contribution in [2.45, 2.75) is 19.3 Å². The quantitative estimate of drug-likeness (QED) is 0.677. The third-order valence-corrected chi connectivity index (χ3v) is 3.45. The molecule has 1 unspecified atom stereocenters. The van der Waals surface area contributed by atoms with E-state index in [0.29, 0.717) is 30.6 Å². The van der Waals surface area contributed by atoms with Gasteiger partial charge < -0.3 is 10.2 Å². The van der Waals surface area contributed by atoms with E-state index in [1.807, 2.05) is 0 Å². The number of hydrogen-bond donors (Lipinski definition) is 3. The van der Waals surface area contributed by atoms with Crippen LogP contribution in [0.4, 0.5) is 0 Å². The maximum Gasteiger partial charge on any atom is 0.337 e. The number of aliphatic carboxylic acids is 1. The molecular formula is C13H15ClO4S. The minimum atomic E-state index is -1.12. The molecule has 0 aliphatic heterocycles. The zero-order valence-corrected chi connectivity index (χ0v) is 11.8. The summed E-state index contributed by atoms with van der Waals surface area (Å²) in [7, 11) is 0. The molecule has 6 heteroatoms. The zero-order chi connectivity index (χ0) is 14.4. The van der Waals surface area contributed by atoms with Crippen LogP contribution >= 0.6 is 24.2 Å². The molecule has 2 N–H and O–H groups in total. The first-order valence-corrected chi connectivity index (χ1v) is 6.82. The van der Waals surface area contributed by atoms with E-state index in [4.69, 9.17) is 21.8 Å². The normalized spacial score (nSPS) is 12.1. The Bertz CT molecular complexity index is 476. The molecule has 0 radical (unpaired) electrons. The third kappa shape index (κ3) is 4.76. The van der Waals surface area contributed by atoms with Gasteiger partial charge in [-0.1, -0.05) is 17.7 Å². The van der Waals surface area contributed by atoms with Gasteiger partial charge in [-0.25, -0.2) is 4.79 Å². The van der Waals surface area contributed by atoms with Crippen molar-refractivity contribution in [1.82, 2.24) is 0 Å². The largest absolute Gasteiger partial charge is 0.481 e. The summed E-state index contributed by atoms with van der Waals surface area (Å²) in [6, 6.07) is 4.57. The van der Waals surface area contributed by atoms with Gasteiger partial charge in [0.05, 0.1) is 16.5 Å². The summed E-state index contributed by atoms with van der Waals surface area (Å²) in [5, 5.41) is 18.2. The van der Waals surface area contributed by atoms with Crippen LogP contribution in [0.25, 0.3) is 0 Å². The van der Waals surface area contributed by atoms with Crippen LogP contribution in [0.2, 0.25) is 5.02 Å². The maximum absolute atomic E-state index is 11.1. The van der Waals surface area contributed by atoms with E-state index in [1.54, 1.807) is 6.07 Å². The predicted octanol–water partition coefficient (Wildman–Crippen LogP) is 2.99. The Morgan fingerprint density at radius 2 is 2.00 bits per heavy atom. The zero-order valence-electron chi connectivity index (χ0n) is 10.2. The molecule has 4 nitrogen and oxygen atoms in total. The van der Waals surface area contributed by atoms with Gasteiger partial charge in [-0.15, -0.1) is 0 Å². The van der Waals surface area contributed by atoms with Crippen molar-refractivity contribution in [2.75, 3.05) is 5.75 Å². The fourth-order valence-electron chi connectivity index (χ4n) is 1.80. The van der Waals surface area contributed by atoms with Gasteiger partial charge in [-0.2, -0.15) is 12.6 Å². The number of aromatic carboxylic acids is 1. The summed E-state index contributed by atoms with van der Waals surface area (Å²) in [6.45, 7) is 0. The van der Waals surface area contributed by atoms with Gasteiger partial charge in [0.2, 0.25) is 0 Å². The molecule has 0 amide bonds. The molecule has 0 saturated heterocycles. The van der Waals surface area contributed by atoms with Gasteiger partial charge in [0.15, 0.2) is 0 Å². The number of benzene rings is 1. The number of halogens is 1. The summed E-state index contributed by atoms with van der Waals surface area (Å²) in [5.74, 6) is -1.90. The summed E-state index contributed by atoms with van der Waals surface area (Å²) in [5.41, 5.74) is 0.658. The maximum atomic E-state index is 11.1. The molecule has 0 aliphatic rings. The minimum absolute atomic E-state index is 0.00231. The highest BCUT2D eigenvalue weighted by Crippen LogP contribution is 2.21. The van der Waals surface area contributed by atoms with Crippen molar-refractivity contribution >= 4 is 36.2 Å². The Morgan fingerprint density at radius 1 is 1.32 bits per heavy atom. The number of thiol groups is 1. The van der Waals surface area contributed by atoms with E-state index < -0.39 is 17.9 Å². The van der Waals surface area contributed by atoms with Gasteiger partial charge >= 0.3 is 11.9 Å². The average molecular weight is 303 g/mol. The summed E-state index contributed by atoms with van der Waals surface area (Å²) >= 11 is 9.83. The molecular weight excluding hydrogens is 288 g/mol. The smallest absolute Gasteiger partial charge is 0.337 e. The van der Waals surface area contributed by atoms with Crippen LogP contribution in [-0.2, 0) is 11.2 Å². The van der Waals surface area contributed by atoms with Crippen molar-refractivity contribution in [2.24, 2.45) is 5.92 Å². The Labute approximate surface area is 121 Å². The molecule has 0 aliphatic carbocycles. The lowest BCUT2D eigenvalue weighted by molar-refractivity contribution is -0.141. The number of carboxylic acid groups (broad SMARTS) is 2. The molecule has 0 fully saturated rings. The number of carboxylic acids is 2. The van der Waals surface area contributed by atoms with Crippen LogP contribution in [0, 0.1) is 5.92 Å². The highest BCUT2D eigenvalue weighted by Gasteiger charge is 2.18. The third-order valence-electron chi connectivity index (χ3n) is 2.80. The van der Waals surface area contributed by atoms with Crippen LogP contribution < -0.4 is 0 Å². The van der Waals surface area contributed by atoms with E-state index in [0.717, 1.165) is 0 Å². The van der Waals surface area contributed by atoms with E-state index in [9.17, 15) is 9.59 Å².